The zero-order valence-electron chi connectivity index (χ0n) is 19.3. The van der Waals surface area contributed by atoms with Gasteiger partial charge in [-0.05, 0) is 37.3 Å². The molecule has 2 aliphatic heterocycles. The molecule has 3 aromatic rings. The minimum atomic E-state index is -0.333. The molecule has 0 N–H and O–H groups in total. The van der Waals surface area contributed by atoms with Crippen LogP contribution in [0.3, 0.4) is 0 Å². The van der Waals surface area contributed by atoms with Gasteiger partial charge in [-0.1, -0.05) is 42.0 Å². The number of piperazine rings is 1. The van der Waals surface area contributed by atoms with Gasteiger partial charge < -0.3 is 14.5 Å². The Labute approximate surface area is 198 Å². The number of aryl methyl sites for hydroxylation is 1. The van der Waals surface area contributed by atoms with E-state index in [0.717, 1.165) is 11.4 Å². The number of methoxy groups -OCH3 is 1. The fraction of sp³-hybridized carbons (Fsp3) is 0.222. The summed E-state index contributed by atoms with van der Waals surface area (Å²) in [4.78, 5) is 37.5. The number of amides is 2. The molecular weight excluding hydrogens is 428 g/mol. The number of carbonyl (C=O) groups is 2. The SMILES string of the molecule is COc1ccccc1C1=C(N2CCN(c3ccccn3)CC2)C(=O)N(c2ccc(C)cc2)C1=O. The van der Waals surface area contributed by atoms with Crippen molar-refractivity contribution in [2.75, 3.05) is 43.1 Å². The molecule has 7 heteroatoms. The van der Waals surface area contributed by atoms with Gasteiger partial charge in [-0.3, -0.25) is 9.59 Å². The summed E-state index contributed by atoms with van der Waals surface area (Å²) in [6.07, 6.45) is 1.78. The van der Waals surface area contributed by atoms with E-state index in [-0.39, 0.29) is 11.8 Å². The van der Waals surface area contributed by atoms with Crippen molar-refractivity contribution in [2.24, 2.45) is 0 Å². The Hall–Kier alpha value is -4.13. The van der Waals surface area contributed by atoms with E-state index in [1.807, 2.05) is 78.6 Å². The Morgan fingerprint density at radius 2 is 1.47 bits per heavy atom. The topological polar surface area (TPSA) is 66.0 Å². The van der Waals surface area contributed by atoms with Gasteiger partial charge in [-0.25, -0.2) is 9.88 Å². The van der Waals surface area contributed by atoms with Crippen molar-refractivity contribution >= 4 is 28.9 Å². The number of benzene rings is 2. The number of pyridine rings is 1. The lowest BCUT2D eigenvalue weighted by atomic mass is 10.0. The number of rotatable bonds is 5. The molecule has 2 amide bonds. The van der Waals surface area contributed by atoms with Gasteiger partial charge in [0.15, 0.2) is 0 Å². The van der Waals surface area contributed by atoms with Crippen molar-refractivity contribution in [1.29, 1.82) is 0 Å². The third-order valence-electron chi connectivity index (χ3n) is 6.30. The minimum Gasteiger partial charge on any atom is -0.496 e. The van der Waals surface area contributed by atoms with E-state index in [9.17, 15) is 9.59 Å². The van der Waals surface area contributed by atoms with Gasteiger partial charge in [-0.15, -0.1) is 0 Å². The zero-order valence-corrected chi connectivity index (χ0v) is 19.3. The van der Waals surface area contributed by atoms with Gasteiger partial charge in [0.05, 0.1) is 18.4 Å². The van der Waals surface area contributed by atoms with Crippen LogP contribution in [0.4, 0.5) is 11.5 Å². The molecule has 2 aromatic carbocycles. The Balaban J connectivity index is 1.53. The average molecular weight is 455 g/mol. The second-order valence-electron chi connectivity index (χ2n) is 8.37. The largest absolute Gasteiger partial charge is 0.496 e. The van der Waals surface area contributed by atoms with Crippen molar-refractivity contribution in [3.05, 3.63) is 89.8 Å². The number of hydrogen-bond acceptors (Lipinski definition) is 6. The fourth-order valence-corrected chi connectivity index (χ4v) is 4.53. The number of imide groups is 1. The highest BCUT2D eigenvalue weighted by molar-refractivity contribution is 6.45. The maximum absolute atomic E-state index is 13.8. The van der Waals surface area contributed by atoms with E-state index in [2.05, 4.69) is 9.88 Å². The first-order chi connectivity index (χ1) is 16.6. The third-order valence-corrected chi connectivity index (χ3v) is 6.30. The second-order valence-corrected chi connectivity index (χ2v) is 8.37. The van der Waals surface area contributed by atoms with Crippen LogP contribution in [-0.2, 0) is 9.59 Å². The van der Waals surface area contributed by atoms with Crippen LogP contribution in [0.5, 0.6) is 5.75 Å². The lowest BCUT2D eigenvalue weighted by molar-refractivity contribution is -0.120. The lowest BCUT2D eigenvalue weighted by Gasteiger charge is -2.37. The molecule has 7 nitrogen and oxygen atoms in total. The number of anilines is 2. The molecule has 0 atom stereocenters. The van der Waals surface area contributed by atoms with Crippen molar-refractivity contribution in [3.63, 3.8) is 0 Å². The Morgan fingerprint density at radius 1 is 0.794 bits per heavy atom. The van der Waals surface area contributed by atoms with Crippen LogP contribution in [0.1, 0.15) is 11.1 Å². The van der Waals surface area contributed by atoms with E-state index >= 15 is 0 Å². The quantitative estimate of drug-likeness (QED) is 0.550. The molecule has 0 saturated carbocycles. The third kappa shape index (κ3) is 3.79. The molecule has 2 aliphatic rings. The van der Waals surface area contributed by atoms with Crippen LogP contribution in [-0.4, -0.2) is 55.0 Å². The van der Waals surface area contributed by atoms with Gasteiger partial charge in [-0.2, -0.15) is 0 Å². The lowest BCUT2D eigenvalue weighted by Crippen LogP contribution is -2.48. The highest BCUT2D eigenvalue weighted by Crippen LogP contribution is 2.38. The molecule has 172 valence electrons. The van der Waals surface area contributed by atoms with Crippen molar-refractivity contribution in [1.82, 2.24) is 9.88 Å². The highest BCUT2D eigenvalue weighted by atomic mass is 16.5. The first kappa shape index (κ1) is 21.7. The second kappa shape index (κ2) is 9.02. The minimum absolute atomic E-state index is 0.305. The van der Waals surface area contributed by atoms with Gasteiger partial charge >= 0.3 is 0 Å². The molecule has 34 heavy (non-hydrogen) atoms. The van der Waals surface area contributed by atoms with Gasteiger partial charge in [0.2, 0.25) is 0 Å². The Morgan fingerprint density at radius 3 is 2.15 bits per heavy atom. The summed E-state index contributed by atoms with van der Waals surface area (Å²) in [5.41, 5.74) is 3.06. The summed E-state index contributed by atoms with van der Waals surface area (Å²) in [7, 11) is 1.57. The standard InChI is InChI=1S/C27H26N4O3/c1-19-10-12-20(13-11-19)31-26(32)24(21-7-3-4-8-22(21)34-2)25(27(31)33)30-17-15-29(16-18-30)23-9-5-6-14-28-23/h3-14H,15-18H2,1-2H3. The van der Waals surface area contributed by atoms with Crippen molar-refractivity contribution < 1.29 is 14.3 Å². The summed E-state index contributed by atoms with van der Waals surface area (Å²) in [5.74, 6) is 0.840. The van der Waals surface area contributed by atoms with Gasteiger partial charge in [0.1, 0.15) is 17.3 Å². The Kier molecular flexibility index (Phi) is 5.76. The van der Waals surface area contributed by atoms with Crippen LogP contribution in [0, 0.1) is 6.92 Å². The molecule has 5 rings (SSSR count). The van der Waals surface area contributed by atoms with Crippen LogP contribution >= 0.6 is 0 Å². The number of para-hydroxylation sites is 1. The van der Waals surface area contributed by atoms with Crippen LogP contribution in [0.25, 0.3) is 5.57 Å². The van der Waals surface area contributed by atoms with Crippen molar-refractivity contribution in [2.45, 2.75) is 6.92 Å². The van der Waals surface area contributed by atoms with E-state index < -0.39 is 0 Å². The van der Waals surface area contributed by atoms with Crippen LogP contribution in [0.15, 0.2) is 78.6 Å². The maximum atomic E-state index is 13.8. The summed E-state index contributed by atoms with van der Waals surface area (Å²) in [6.45, 7) is 4.58. The zero-order chi connectivity index (χ0) is 23.7. The normalized spacial score (nSPS) is 16.5. The van der Waals surface area contributed by atoms with Crippen LogP contribution < -0.4 is 14.5 Å². The van der Waals surface area contributed by atoms with Crippen molar-refractivity contribution in [3.8, 4) is 5.75 Å². The van der Waals surface area contributed by atoms with E-state index in [0.29, 0.717) is 54.4 Å². The summed E-state index contributed by atoms with van der Waals surface area (Å²) >= 11 is 0. The Bertz CT molecular complexity index is 1250. The number of carbonyl (C=O) groups excluding carboxylic acids is 2. The first-order valence-electron chi connectivity index (χ1n) is 11.3. The molecule has 0 spiro atoms. The number of hydrogen-bond donors (Lipinski definition) is 0. The van der Waals surface area contributed by atoms with E-state index in [1.54, 1.807) is 13.3 Å². The first-order valence-corrected chi connectivity index (χ1v) is 11.3. The summed E-state index contributed by atoms with van der Waals surface area (Å²) < 4.78 is 5.56. The van der Waals surface area contributed by atoms with E-state index in [4.69, 9.17) is 4.74 Å². The van der Waals surface area contributed by atoms with E-state index in [1.165, 1.54) is 4.90 Å². The predicted octanol–water partition coefficient (Wildman–Crippen LogP) is 3.51. The maximum Gasteiger partial charge on any atom is 0.282 e. The molecule has 3 heterocycles. The highest BCUT2D eigenvalue weighted by Gasteiger charge is 2.43. The molecule has 1 saturated heterocycles. The van der Waals surface area contributed by atoms with Gasteiger partial charge in [0, 0.05) is 37.9 Å². The molecule has 0 unspecified atom stereocenters. The molecule has 1 aromatic heterocycles. The molecule has 0 radical (unpaired) electrons. The summed E-state index contributed by atoms with van der Waals surface area (Å²) in [5, 5.41) is 0. The average Bonchev–Trinajstić information content (AvgIpc) is 3.14. The van der Waals surface area contributed by atoms with Crippen LogP contribution in [0.2, 0.25) is 0 Å². The summed E-state index contributed by atoms with van der Waals surface area (Å²) in [6, 6.07) is 20.6. The number of nitrogens with zero attached hydrogens (tertiary/aromatic N) is 4. The smallest absolute Gasteiger partial charge is 0.282 e. The molecule has 1 fully saturated rings. The molecule has 0 bridgehead atoms. The number of aromatic nitrogens is 1. The number of ether oxygens (including phenoxy) is 1. The molecular formula is C27H26N4O3. The fourth-order valence-electron chi connectivity index (χ4n) is 4.53. The monoisotopic (exact) mass is 454 g/mol. The predicted molar refractivity (Wildman–Crippen MR) is 132 cm³/mol. The molecule has 0 aliphatic carbocycles. The van der Waals surface area contributed by atoms with Gasteiger partial charge in [0.25, 0.3) is 11.8 Å².